The van der Waals surface area contributed by atoms with Gasteiger partial charge in [-0.2, -0.15) is 5.10 Å². The number of aromatic amines is 1. The third kappa shape index (κ3) is 2.33. The number of H-pyrrole nitrogens is 1. The maximum absolute atomic E-state index is 12.1. The number of amides is 2. The van der Waals surface area contributed by atoms with Crippen LogP contribution in [0, 0.1) is 0 Å². The molecule has 0 fully saturated rings. The normalized spacial score (nSPS) is 15.3. The summed E-state index contributed by atoms with van der Waals surface area (Å²) in [6, 6.07) is 4.90. The first kappa shape index (κ1) is 13.0. The largest absolute Gasteiger partial charge is 0.454 e. The SMILES string of the molecule is O=C(Nc1ccc2c(c1)OCO2)Nc1n[nH]c2c1CNCC2. The van der Waals surface area contributed by atoms with Crippen LogP contribution in [0.3, 0.4) is 0 Å². The Labute approximate surface area is 126 Å². The van der Waals surface area contributed by atoms with Crippen LogP contribution in [-0.4, -0.2) is 29.6 Å². The number of nitrogens with zero attached hydrogens (tertiary/aromatic N) is 1. The van der Waals surface area contributed by atoms with Crippen molar-refractivity contribution in [3.05, 3.63) is 29.5 Å². The molecule has 8 nitrogen and oxygen atoms in total. The first-order valence-corrected chi connectivity index (χ1v) is 7.04. The molecule has 0 spiro atoms. The smallest absolute Gasteiger partial charge is 0.324 e. The maximum Gasteiger partial charge on any atom is 0.324 e. The van der Waals surface area contributed by atoms with Crippen LogP contribution >= 0.6 is 0 Å². The molecule has 1 aromatic carbocycles. The summed E-state index contributed by atoms with van der Waals surface area (Å²) in [4.78, 5) is 12.1. The molecular formula is C14H15N5O3. The summed E-state index contributed by atoms with van der Waals surface area (Å²) in [5, 5.41) is 15.9. The van der Waals surface area contributed by atoms with Gasteiger partial charge in [0, 0.05) is 42.5 Å². The zero-order chi connectivity index (χ0) is 14.9. The molecule has 0 unspecified atom stereocenters. The van der Waals surface area contributed by atoms with Gasteiger partial charge in [0.25, 0.3) is 0 Å². The molecule has 4 rings (SSSR count). The summed E-state index contributed by atoms with van der Waals surface area (Å²) in [6.07, 6.45) is 0.883. The number of nitrogens with one attached hydrogen (secondary N) is 4. The number of hydrogen-bond acceptors (Lipinski definition) is 5. The number of benzene rings is 1. The highest BCUT2D eigenvalue weighted by molar-refractivity contribution is 5.99. The fourth-order valence-corrected chi connectivity index (χ4v) is 2.57. The second-order valence-corrected chi connectivity index (χ2v) is 5.10. The van der Waals surface area contributed by atoms with Gasteiger partial charge in [-0.15, -0.1) is 0 Å². The number of fused-ring (bicyclic) bond motifs is 2. The van der Waals surface area contributed by atoms with E-state index in [-0.39, 0.29) is 12.8 Å². The van der Waals surface area contributed by atoms with Gasteiger partial charge >= 0.3 is 6.03 Å². The van der Waals surface area contributed by atoms with E-state index in [0.29, 0.717) is 29.5 Å². The standard InChI is InChI=1S/C14H15N5O3/c20-14(16-8-1-2-11-12(5-8)22-7-21-11)17-13-9-6-15-4-3-10(9)18-19-13/h1-2,5,15H,3-4,6-7H2,(H3,16,17,18,19,20). The number of urea groups is 1. The molecule has 0 saturated carbocycles. The Kier molecular flexibility index (Phi) is 3.08. The quantitative estimate of drug-likeness (QED) is 0.672. The fourth-order valence-electron chi connectivity index (χ4n) is 2.57. The first-order valence-electron chi connectivity index (χ1n) is 7.04. The third-order valence-electron chi connectivity index (χ3n) is 3.67. The van der Waals surface area contributed by atoms with Crippen molar-refractivity contribution in [1.82, 2.24) is 15.5 Å². The zero-order valence-electron chi connectivity index (χ0n) is 11.7. The molecule has 114 valence electrons. The highest BCUT2D eigenvalue weighted by atomic mass is 16.7. The van der Waals surface area contributed by atoms with Crippen molar-refractivity contribution in [3.63, 3.8) is 0 Å². The van der Waals surface area contributed by atoms with Crippen molar-refractivity contribution in [2.24, 2.45) is 0 Å². The number of anilines is 2. The van der Waals surface area contributed by atoms with Gasteiger partial charge in [0.15, 0.2) is 17.3 Å². The van der Waals surface area contributed by atoms with E-state index in [9.17, 15) is 4.79 Å². The fraction of sp³-hybridized carbons (Fsp3) is 0.286. The van der Waals surface area contributed by atoms with Gasteiger partial charge in [-0.1, -0.05) is 0 Å². The number of carbonyl (C=O) groups is 1. The van der Waals surface area contributed by atoms with Crippen molar-refractivity contribution < 1.29 is 14.3 Å². The minimum atomic E-state index is -0.348. The van der Waals surface area contributed by atoms with E-state index in [1.165, 1.54) is 0 Å². The lowest BCUT2D eigenvalue weighted by atomic mass is 10.1. The topological polar surface area (TPSA) is 100 Å². The Morgan fingerprint density at radius 2 is 2.14 bits per heavy atom. The van der Waals surface area contributed by atoms with Crippen LogP contribution in [-0.2, 0) is 13.0 Å². The summed E-state index contributed by atoms with van der Waals surface area (Å²) in [5.74, 6) is 1.86. The van der Waals surface area contributed by atoms with Crippen LogP contribution < -0.4 is 25.4 Å². The highest BCUT2D eigenvalue weighted by Gasteiger charge is 2.18. The number of rotatable bonds is 2. The van der Waals surface area contributed by atoms with Crippen LogP contribution in [0.25, 0.3) is 0 Å². The highest BCUT2D eigenvalue weighted by Crippen LogP contribution is 2.34. The molecule has 1 aromatic heterocycles. The number of ether oxygens (including phenoxy) is 2. The van der Waals surface area contributed by atoms with E-state index < -0.39 is 0 Å². The van der Waals surface area contributed by atoms with E-state index in [1.54, 1.807) is 18.2 Å². The minimum absolute atomic E-state index is 0.206. The lowest BCUT2D eigenvalue weighted by Crippen LogP contribution is -2.25. The lowest BCUT2D eigenvalue weighted by molar-refractivity contribution is 0.174. The molecule has 2 aromatic rings. The zero-order valence-corrected chi connectivity index (χ0v) is 11.7. The molecule has 0 atom stereocenters. The van der Waals surface area contributed by atoms with Crippen LogP contribution in [0.4, 0.5) is 16.3 Å². The van der Waals surface area contributed by atoms with Crippen LogP contribution in [0.2, 0.25) is 0 Å². The Hall–Kier alpha value is -2.74. The van der Waals surface area contributed by atoms with E-state index in [0.717, 1.165) is 24.2 Å². The predicted molar refractivity (Wildman–Crippen MR) is 79.2 cm³/mol. The Morgan fingerprint density at radius 1 is 1.23 bits per heavy atom. The average Bonchev–Trinajstić information content (AvgIpc) is 3.14. The summed E-state index contributed by atoms with van der Waals surface area (Å²) in [6.45, 7) is 1.82. The minimum Gasteiger partial charge on any atom is -0.454 e. The molecule has 0 aliphatic carbocycles. The van der Waals surface area contributed by atoms with Crippen molar-refractivity contribution in [1.29, 1.82) is 0 Å². The van der Waals surface area contributed by atoms with E-state index in [2.05, 4.69) is 26.1 Å². The second-order valence-electron chi connectivity index (χ2n) is 5.10. The monoisotopic (exact) mass is 301 g/mol. The van der Waals surface area contributed by atoms with E-state index in [1.807, 2.05) is 0 Å². The van der Waals surface area contributed by atoms with Gasteiger partial charge < -0.3 is 20.1 Å². The molecule has 8 heteroatoms. The molecule has 4 N–H and O–H groups in total. The van der Waals surface area contributed by atoms with Gasteiger partial charge in [0.05, 0.1) is 0 Å². The maximum atomic E-state index is 12.1. The van der Waals surface area contributed by atoms with Gasteiger partial charge in [0.2, 0.25) is 6.79 Å². The van der Waals surface area contributed by atoms with Crippen molar-refractivity contribution >= 4 is 17.5 Å². The molecule has 0 radical (unpaired) electrons. The van der Waals surface area contributed by atoms with Gasteiger partial charge in [-0.05, 0) is 12.1 Å². The lowest BCUT2D eigenvalue weighted by Gasteiger charge is -2.13. The summed E-state index contributed by atoms with van der Waals surface area (Å²) < 4.78 is 10.5. The number of carbonyl (C=O) groups excluding carboxylic acids is 1. The third-order valence-corrected chi connectivity index (χ3v) is 3.67. The number of hydrogen-bond donors (Lipinski definition) is 4. The molecule has 2 aliphatic heterocycles. The molecule has 2 amide bonds. The van der Waals surface area contributed by atoms with Gasteiger partial charge in [-0.25, -0.2) is 4.79 Å². The molecule has 3 heterocycles. The van der Waals surface area contributed by atoms with E-state index in [4.69, 9.17) is 9.47 Å². The number of aromatic nitrogens is 2. The molecular weight excluding hydrogens is 286 g/mol. The summed E-state index contributed by atoms with van der Waals surface area (Å²) in [7, 11) is 0. The van der Waals surface area contributed by atoms with Crippen molar-refractivity contribution in [2.75, 3.05) is 24.0 Å². The van der Waals surface area contributed by atoms with Gasteiger partial charge in [-0.3, -0.25) is 10.4 Å². The average molecular weight is 301 g/mol. The molecule has 2 aliphatic rings. The van der Waals surface area contributed by atoms with Crippen molar-refractivity contribution in [2.45, 2.75) is 13.0 Å². The predicted octanol–water partition coefficient (Wildman–Crippen LogP) is 1.43. The Morgan fingerprint density at radius 3 is 3.09 bits per heavy atom. The Balaban J connectivity index is 1.45. The second kappa shape index (κ2) is 5.23. The molecule has 0 bridgehead atoms. The summed E-state index contributed by atoms with van der Waals surface area (Å²) >= 11 is 0. The molecule has 0 saturated heterocycles. The van der Waals surface area contributed by atoms with Gasteiger partial charge in [0.1, 0.15) is 0 Å². The first-order chi connectivity index (χ1) is 10.8. The van der Waals surface area contributed by atoms with E-state index >= 15 is 0 Å². The molecule has 22 heavy (non-hydrogen) atoms. The Bertz CT molecular complexity index is 727. The van der Waals surface area contributed by atoms with Crippen LogP contribution in [0.15, 0.2) is 18.2 Å². The summed E-state index contributed by atoms with van der Waals surface area (Å²) in [5.41, 5.74) is 2.70. The van der Waals surface area contributed by atoms with Crippen LogP contribution in [0.1, 0.15) is 11.3 Å². The van der Waals surface area contributed by atoms with Crippen LogP contribution in [0.5, 0.6) is 11.5 Å². The van der Waals surface area contributed by atoms with Crippen molar-refractivity contribution in [3.8, 4) is 11.5 Å².